The van der Waals surface area contributed by atoms with E-state index in [2.05, 4.69) is 0 Å². The smallest absolute Gasteiger partial charge is 0.207 e. The molecule has 120 valence electrons. The van der Waals surface area contributed by atoms with E-state index in [-0.39, 0.29) is 11.4 Å². The van der Waals surface area contributed by atoms with Crippen LogP contribution < -0.4 is 0 Å². The molecule has 0 atom stereocenters. The zero-order valence-corrected chi connectivity index (χ0v) is 13.3. The SMILES string of the molecule is Cc1ccc(S(=O)(=O)N(Cc2ccsc2)CC(F)(F)F)cc1. The van der Waals surface area contributed by atoms with Crippen LogP contribution in [0.5, 0.6) is 0 Å². The third-order valence-corrected chi connectivity index (χ3v) is 5.49. The predicted molar refractivity (Wildman–Crippen MR) is 79.1 cm³/mol. The van der Waals surface area contributed by atoms with Crippen molar-refractivity contribution in [1.82, 2.24) is 4.31 Å². The molecular weight excluding hydrogens is 335 g/mol. The highest BCUT2D eigenvalue weighted by molar-refractivity contribution is 7.89. The van der Waals surface area contributed by atoms with E-state index in [1.807, 2.05) is 0 Å². The Morgan fingerprint density at radius 2 is 1.77 bits per heavy atom. The Morgan fingerprint density at radius 1 is 1.14 bits per heavy atom. The Labute approximate surface area is 131 Å². The van der Waals surface area contributed by atoms with Crippen LogP contribution in [0.1, 0.15) is 11.1 Å². The summed E-state index contributed by atoms with van der Waals surface area (Å²) < 4.78 is 63.6. The van der Waals surface area contributed by atoms with Crippen LogP contribution in [0.3, 0.4) is 0 Å². The van der Waals surface area contributed by atoms with E-state index in [0.717, 1.165) is 5.56 Å². The van der Waals surface area contributed by atoms with Gasteiger partial charge in [0.1, 0.15) is 6.54 Å². The number of hydrogen-bond donors (Lipinski definition) is 0. The average molecular weight is 349 g/mol. The first-order valence-corrected chi connectivity index (χ1v) is 8.71. The van der Waals surface area contributed by atoms with Crippen molar-refractivity contribution in [1.29, 1.82) is 0 Å². The Morgan fingerprint density at radius 3 is 2.27 bits per heavy atom. The molecule has 0 aliphatic carbocycles. The second-order valence-corrected chi connectivity index (χ2v) is 7.55. The molecule has 2 rings (SSSR count). The maximum absolute atomic E-state index is 12.7. The first-order chi connectivity index (χ1) is 10.2. The fourth-order valence-electron chi connectivity index (χ4n) is 1.87. The second-order valence-electron chi connectivity index (χ2n) is 4.83. The molecule has 1 heterocycles. The van der Waals surface area contributed by atoms with Crippen LogP contribution in [0, 0.1) is 6.92 Å². The minimum absolute atomic E-state index is 0.141. The molecule has 0 radical (unpaired) electrons. The maximum atomic E-state index is 12.7. The summed E-state index contributed by atoms with van der Waals surface area (Å²) in [5, 5.41) is 3.33. The van der Waals surface area contributed by atoms with Gasteiger partial charge in [0, 0.05) is 6.54 Å². The molecule has 22 heavy (non-hydrogen) atoms. The van der Waals surface area contributed by atoms with Gasteiger partial charge in [0.05, 0.1) is 4.90 Å². The molecule has 0 saturated heterocycles. The molecule has 0 aliphatic rings. The van der Waals surface area contributed by atoms with Gasteiger partial charge in [-0.2, -0.15) is 28.8 Å². The zero-order chi connectivity index (χ0) is 16.4. The van der Waals surface area contributed by atoms with Gasteiger partial charge in [-0.1, -0.05) is 17.7 Å². The number of hydrogen-bond acceptors (Lipinski definition) is 3. The van der Waals surface area contributed by atoms with Gasteiger partial charge < -0.3 is 0 Å². The van der Waals surface area contributed by atoms with E-state index < -0.39 is 22.7 Å². The molecular formula is C14H14F3NO2S2. The third-order valence-electron chi connectivity index (χ3n) is 2.95. The van der Waals surface area contributed by atoms with Crippen LogP contribution in [-0.4, -0.2) is 25.4 Å². The van der Waals surface area contributed by atoms with Crippen LogP contribution in [0.15, 0.2) is 46.0 Å². The normalized spacial score (nSPS) is 12.8. The Hall–Kier alpha value is -1.38. The molecule has 0 N–H and O–H groups in total. The first kappa shape index (κ1) is 17.0. The van der Waals surface area contributed by atoms with E-state index in [9.17, 15) is 21.6 Å². The molecule has 0 unspecified atom stereocenters. The number of thiophene rings is 1. The molecule has 0 bridgehead atoms. The number of alkyl halides is 3. The van der Waals surface area contributed by atoms with Gasteiger partial charge in [0.15, 0.2) is 0 Å². The van der Waals surface area contributed by atoms with Crippen LogP contribution in [0.4, 0.5) is 13.2 Å². The summed E-state index contributed by atoms with van der Waals surface area (Å²) >= 11 is 1.31. The fraction of sp³-hybridized carbons (Fsp3) is 0.286. The lowest BCUT2D eigenvalue weighted by Crippen LogP contribution is -2.38. The molecule has 8 heteroatoms. The maximum Gasteiger partial charge on any atom is 0.402 e. The van der Waals surface area contributed by atoms with Crippen LogP contribution in [-0.2, 0) is 16.6 Å². The van der Waals surface area contributed by atoms with Crippen LogP contribution in [0.25, 0.3) is 0 Å². The minimum atomic E-state index is -4.60. The lowest BCUT2D eigenvalue weighted by molar-refractivity contribution is -0.136. The summed E-state index contributed by atoms with van der Waals surface area (Å²) in [7, 11) is -4.21. The lowest BCUT2D eigenvalue weighted by Gasteiger charge is -2.23. The summed E-state index contributed by atoms with van der Waals surface area (Å²) in [5.41, 5.74) is 1.36. The lowest BCUT2D eigenvalue weighted by atomic mass is 10.2. The average Bonchev–Trinajstić information content (AvgIpc) is 2.90. The van der Waals surface area contributed by atoms with Gasteiger partial charge in [-0.3, -0.25) is 0 Å². The third kappa shape index (κ3) is 4.31. The fourth-order valence-corrected chi connectivity index (χ4v) is 3.94. The number of benzene rings is 1. The summed E-state index contributed by atoms with van der Waals surface area (Å²) in [6.45, 7) is -0.0481. The first-order valence-electron chi connectivity index (χ1n) is 6.33. The standard InChI is InChI=1S/C14H14F3NO2S2/c1-11-2-4-13(5-3-11)22(19,20)18(10-14(15,16)17)8-12-6-7-21-9-12/h2-7,9H,8,10H2,1H3. The quantitative estimate of drug-likeness (QED) is 0.823. The molecule has 0 aliphatic heterocycles. The highest BCUT2D eigenvalue weighted by Crippen LogP contribution is 2.25. The molecule has 0 spiro atoms. The minimum Gasteiger partial charge on any atom is -0.207 e. The molecule has 1 aromatic carbocycles. The van der Waals surface area contributed by atoms with Gasteiger partial charge in [-0.25, -0.2) is 8.42 Å². The van der Waals surface area contributed by atoms with E-state index in [4.69, 9.17) is 0 Å². The molecule has 3 nitrogen and oxygen atoms in total. The summed E-state index contributed by atoms with van der Waals surface area (Å²) in [6, 6.07) is 7.37. The van der Waals surface area contributed by atoms with Crippen LogP contribution >= 0.6 is 11.3 Å². The van der Waals surface area contributed by atoms with Gasteiger partial charge in [-0.05, 0) is 41.4 Å². The van der Waals surface area contributed by atoms with Crippen molar-refractivity contribution in [2.24, 2.45) is 0 Å². The number of aryl methyl sites for hydroxylation is 1. The van der Waals surface area contributed by atoms with Gasteiger partial charge in [0.25, 0.3) is 0 Å². The van der Waals surface area contributed by atoms with Gasteiger partial charge >= 0.3 is 6.18 Å². The van der Waals surface area contributed by atoms with E-state index >= 15 is 0 Å². The number of rotatable bonds is 5. The summed E-state index contributed by atoms with van der Waals surface area (Å²) in [6.07, 6.45) is -4.60. The Kier molecular flexibility index (Phi) is 4.93. The second kappa shape index (κ2) is 6.39. The van der Waals surface area contributed by atoms with Crippen molar-refractivity contribution in [2.45, 2.75) is 24.5 Å². The number of halogens is 3. The van der Waals surface area contributed by atoms with Crippen molar-refractivity contribution >= 4 is 21.4 Å². The largest absolute Gasteiger partial charge is 0.402 e. The predicted octanol–water partition coefficient (Wildman–Crippen LogP) is 3.81. The highest BCUT2D eigenvalue weighted by atomic mass is 32.2. The molecule has 0 saturated carbocycles. The van der Waals surface area contributed by atoms with Gasteiger partial charge in [-0.15, -0.1) is 0 Å². The monoisotopic (exact) mass is 349 g/mol. The van der Waals surface area contributed by atoms with Crippen molar-refractivity contribution in [3.63, 3.8) is 0 Å². The van der Waals surface area contributed by atoms with Crippen molar-refractivity contribution in [3.05, 3.63) is 52.2 Å². The molecule has 0 amide bonds. The molecule has 1 aromatic heterocycles. The Balaban J connectivity index is 2.35. The van der Waals surface area contributed by atoms with Crippen LogP contribution in [0.2, 0.25) is 0 Å². The number of nitrogens with zero attached hydrogens (tertiary/aromatic N) is 1. The van der Waals surface area contributed by atoms with Crippen molar-refractivity contribution in [2.75, 3.05) is 6.54 Å². The highest BCUT2D eigenvalue weighted by Gasteiger charge is 2.37. The topological polar surface area (TPSA) is 37.4 Å². The van der Waals surface area contributed by atoms with Crippen molar-refractivity contribution in [3.8, 4) is 0 Å². The Bertz CT molecular complexity index is 708. The number of sulfonamides is 1. The van der Waals surface area contributed by atoms with Gasteiger partial charge in [0.2, 0.25) is 10.0 Å². The van der Waals surface area contributed by atoms with E-state index in [0.29, 0.717) is 9.87 Å². The molecule has 0 fully saturated rings. The van der Waals surface area contributed by atoms with E-state index in [1.54, 1.807) is 35.9 Å². The van der Waals surface area contributed by atoms with E-state index in [1.165, 1.54) is 23.5 Å². The zero-order valence-electron chi connectivity index (χ0n) is 11.7. The molecule has 2 aromatic rings. The van der Waals surface area contributed by atoms with Crippen molar-refractivity contribution < 1.29 is 21.6 Å². The summed E-state index contributed by atoms with van der Waals surface area (Å²) in [5.74, 6) is 0. The summed E-state index contributed by atoms with van der Waals surface area (Å²) in [4.78, 5) is -0.141.